The van der Waals surface area contributed by atoms with Crippen molar-refractivity contribution in [3.8, 4) is 0 Å². The fraction of sp³-hybridized carbons (Fsp3) is 0.788. The van der Waals surface area contributed by atoms with Crippen LogP contribution >= 0.6 is 23.2 Å². The number of hydrogen-bond acceptors (Lipinski definition) is 7. The van der Waals surface area contributed by atoms with Gasteiger partial charge in [-0.2, -0.15) is 0 Å². The first-order valence-electron chi connectivity index (χ1n) is 16.8. The number of urea groups is 1. The number of halogens is 2. The minimum absolute atomic E-state index is 0.0461. The van der Waals surface area contributed by atoms with Gasteiger partial charge in [0, 0.05) is 24.9 Å². The molecule has 1 heterocycles. The molecule has 0 spiro atoms. The lowest BCUT2D eigenvalue weighted by atomic mass is 9.83. The molecule has 5 atom stereocenters. The zero-order chi connectivity index (χ0) is 36.5. The van der Waals surface area contributed by atoms with E-state index in [0.717, 1.165) is 19.3 Å². The normalized spacial score (nSPS) is 24.4. The summed E-state index contributed by atoms with van der Waals surface area (Å²) in [5, 5.41) is 10.8. The quantitative estimate of drug-likeness (QED) is 0.128. The highest BCUT2D eigenvalue weighted by Crippen LogP contribution is 2.65. The monoisotopic (exact) mass is 733 g/mol. The van der Waals surface area contributed by atoms with Gasteiger partial charge in [0.2, 0.25) is 17.6 Å². The molecule has 3 fully saturated rings. The van der Waals surface area contributed by atoms with Crippen LogP contribution in [0.3, 0.4) is 0 Å². The number of sulfone groups is 1. The van der Waals surface area contributed by atoms with E-state index in [9.17, 15) is 32.4 Å². The van der Waals surface area contributed by atoms with E-state index < -0.39 is 89.4 Å². The number of likely N-dealkylation sites (tertiary alicyclic amines) is 1. The van der Waals surface area contributed by atoms with Crippen molar-refractivity contribution in [2.75, 3.05) is 18.8 Å². The van der Waals surface area contributed by atoms with Crippen LogP contribution in [0.4, 0.5) is 4.79 Å². The summed E-state index contributed by atoms with van der Waals surface area (Å²) in [5.74, 6) is -4.17. The summed E-state index contributed by atoms with van der Waals surface area (Å²) in [6.45, 7) is 15.7. The molecule has 272 valence electrons. The maximum Gasteiger partial charge on any atom is 0.315 e. The van der Waals surface area contributed by atoms with E-state index in [1.165, 1.54) is 11.0 Å². The van der Waals surface area contributed by atoms with Crippen molar-refractivity contribution >= 4 is 62.6 Å². The minimum Gasteiger partial charge on any atom is -0.346 e. The highest BCUT2D eigenvalue weighted by molar-refractivity contribution is 7.92. The van der Waals surface area contributed by atoms with Crippen LogP contribution in [-0.2, 0) is 29.0 Å². The number of amides is 5. The third-order valence-corrected chi connectivity index (χ3v) is 13.6. The van der Waals surface area contributed by atoms with Crippen LogP contribution < -0.4 is 21.3 Å². The number of hydrogen-bond donors (Lipinski definition) is 4. The third kappa shape index (κ3) is 8.85. The van der Waals surface area contributed by atoms with Crippen LogP contribution in [0.1, 0.15) is 93.4 Å². The SMILES string of the molecule is C=CCNC(=O)C(=O)[C@H](CCC)NC(=O)[C@@H]1[C@@H]2[C@H](CN1C(=O)[C@@H](NC(=O)NC1(CS(=O)(=O)C(C)(C)C)CCCCC1)C(C)(C)C)C2(Cl)Cl. The Hall–Kier alpha value is -2.38. The smallest absolute Gasteiger partial charge is 0.315 e. The first-order valence-corrected chi connectivity index (χ1v) is 19.2. The fourth-order valence-corrected chi connectivity index (χ4v) is 9.04. The molecule has 0 bridgehead atoms. The second kappa shape index (κ2) is 14.8. The second-order valence-electron chi connectivity index (χ2n) is 15.6. The van der Waals surface area contributed by atoms with E-state index in [1.54, 1.807) is 48.5 Å². The zero-order valence-electron chi connectivity index (χ0n) is 29.2. The van der Waals surface area contributed by atoms with Gasteiger partial charge in [0.15, 0.2) is 9.84 Å². The average Bonchev–Trinajstić information content (AvgIpc) is 3.28. The maximum absolute atomic E-state index is 14.3. The lowest BCUT2D eigenvalue weighted by Crippen LogP contribution is -2.64. The Morgan fingerprint density at radius 2 is 1.60 bits per heavy atom. The van der Waals surface area contributed by atoms with Crippen molar-refractivity contribution in [1.82, 2.24) is 26.2 Å². The third-order valence-electron chi connectivity index (χ3n) is 9.70. The molecule has 15 heteroatoms. The molecule has 2 saturated carbocycles. The number of alkyl halides is 2. The molecular weight excluding hydrogens is 681 g/mol. The zero-order valence-corrected chi connectivity index (χ0v) is 31.5. The Morgan fingerprint density at radius 3 is 2.12 bits per heavy atom. The van der Waals surface area contributed by atoms with Crippen LogP contribution in [0.2, 0.25) is 0 Å². The summed E-state index contributed by atoms with van der Waals surface area (Å²) in [6, 6.07) is -4.09. The molecule has 0 aromatic heterocycles. The molecule has 48 heavy (non-hydrogen) atoms. The standard InChI is InChI=1S/C33H53Cl2N5O7S/c1-9-14-21(24(41)27(43)36-17-10-2)37-26(42)23-22-20(33(22,34)35)18-40(23)28(44)25(30(3,4)5)38-29(45)39-32(15-12-11-13-16-32)19-48(46,47)31(6,7)8/h10,20-23,25H,2,9,11-19H2,1,3-8H3,(H,36,43)(H,37,42)(H2,38,39,45)/t20-,21-,22-,23-,25+/m0/s1. The Balaban J connectivity index is 1.85. The second-order valence-corrected chi connectivity index (χ2v) is 19.8. The van der Waals surface area contributed by atoms with E-state index in [-0.39, 0.29) is 25.3 Å². The largest absolute Gasteiger partial charge is 0.346 e. The molecule has 2 aliphatic carbocycles. The maximum atomic E-state index is 14.3. The molecule has 12 nitrogen and oxygen atoms in total. The van der Waals surface area contributed by atoms with Gasteiger partial charge in [0.25, 0.3) is 5.91 Å². The average molecular weight is 735 g/mol. The van der Waals surface area contributed by atoms with Crippen molar-refractivity contribution < 1.29 is 32.4 Å². The lowest BCUT2D eigenvalue weighted by Gasteiger charge is -2.41. The van der Waals surface area contributed by atoms with Crippen LogP contribution in [0, 0.1) is 17.3 Å². The van der Waals surface area contributed by atoms with Crippen LogP contribution in [0.5, 0.6) is 0 Å². The van der Waals surface area contributed by atoms with Crippen molar-refractivity contribution in [2.45, 2.75) is 126 Å². The number of Topliss-reactive ketones (excluding diaryl/α,β-unsaturated/α-hetero) is 1. The number of carbonyl (C=O) groups excluding carboxylic acids is 5. The van der Waals surface area contributed by atoms with Gasteiger partial charge in [-0.1, -0.05) is 59.5 Å². The van der Waals surface area contributed by atoms with Gasteiger partial charge in [0.05, 0.1) is 22.1 Å². The summed E-state index contributed by atoms with van der Waals surface area (Å²) in [6.07, 6.45) is 5.51. The molecule has 0 aromatic carbocycles. The van der Waals surface area contributed by atoms with Crippen molar-refractivity contribution in [1.29, 1.82) is 0 Å². The van der Waals surface area contributed by atoms with Gasteiger partial charge >= 0.3 is 6.03 Å². The number of nitrogens with one attached hydrogen (secondary N) is 4. The molecule has 3 aliphatic rings. The number of nitrogens with zero attached hydrogens (tertiary/aromatic N) is 1. The predicted octanol–water partition coefficient (Wildman–Crippen LogP) is 3.40. The molecular formula is C33H53Cl2N5O7S. The van der Waals surface area contributed by atoms with Gasteiger partial charge < -0.3 is 26.2 Å². The number of rotatable bonds is 13. The van der Waals surface area contributed by atoms with E-state index in [0.29, 0.717) is 19.3 Å². The van der Waals surface area contributed by atoms with Crippen molar-refractivity contribution in [3.05, 3.63) is 12.7 Å². The Kier molecular flexibility index (Phi) is 12.4. The highest BCUT2D eigenvalue weighted by atomic mass is 35.5. The van der Waals surface area contributed by atoms with Gasteiger partial charge in [-0.3, -0.25) is 19.2 Å². The Morgan fingerprint density at radius 1 is 1.00 bits per heavy atom. The Labute approximate surface area is 295 Å². The lowest BCUT2D eigenvalue weighted by molar-refractivity contribution is -0.144. The summed E-state index contributed by atoms with van der Waals surface area (Å²) in [5.41, 5.74) is -1.82. The van der Waals surface area contributed by atoms with Gasteiger partial charge in [-0.15, -0.1) is 29.8 Å². The first-order chi connectivity index (χ1) is 22.0. The molecule has 4 N–H and O–H groups in total. The van der Waals surface area contributed by atoms with E-state index in [2.05, 4.69) is 27.8 Å². The number of ketones is 1. The summed E-state index contributed by atoms with van der Waals surface area (Å²) in [4.78, 5) is 68.5. The molecule has 5 amide bonds. The van der Waals surface area contributed by atoms with Gasteiger partial charge in [-0.05, 0) is 45.4 Å². The minimum atomic E-state index is -3.59. The van der Waals surface area contributed by atoms with Crippen LogP contribution in [0.25, 0.3) is 0 Å². The van der Waals surface area contributed by atoms with Crippen LogP contribution in [-0.4, -0.2) is 94.4 Å². The number of piperidine rings is 1. The molecule has 1 saturated heterocycles. The van der Waals surface area contributed by atoms with Crippen molar-refractivity contribution in [2.24, 2.45) is 17.3 Å². The van der Waals surface area contributed by atoms with Gasteiger partial charge in [0.1, 0.15) is 16.4 Å². The van der Waals surface area contributed by atoms with E-state index >= 15 is 0 Å². The molecule has 3 rings (SSSR count). The van der Waals surface area contributed by atoms with Crippen molar-refractivity contribution in [3.63, 3.8) is 0 Å². The molecule has 0 aromatic rings. The van der Waals surface area contributed by atoms with Crippen LogP contribution in [0.15, 0.2) is 12.7 Å². The summed E-state index contributed by atoms with van der Waals surface area (Å²) in [7, 11) is -3.59. The molecule has 1 aliphatic heterocycles. The highest BCUT2D eigenvalue weighted by Gasteiger charge is 2.74. The first kappa shape index (κ1) is 40.1. The number of carbonyl (C=O) groups is 5. The number of fused-ring (bicyclic) bond motifs is 1. The molecule has 0 unspecified atom stereocenters. The van der Waals surface area contributed by atoms with E-state index in [4.69, 9.17) is 23.2 Å². The fourth-order valence-electron chi connectivity index (χ4n) is 6.69. The topological polar surface area (TPSA) is 171 Å². The summed E-state index contributed by atoms with van der Waals surface area (Å²) >= 11 is 13.1. The molecule has 0 radical (unpaired) electrons. The Bertz CT molecular complexity index is 1380. The van der Waals surface area contributed by atoms with Gasteiger partial charge in [-0.25, -0.2) is 13.2 Å². The predicted molar refractivity (Wildman–Crippen MR) is 186 cm³/mol. The summed E-state index contributed by atoms with van der Waals surface area (Å²) < 4.78 is 24.2. The van der Waals surface area contributed by atoms with E-state index in [1.807, 2.05) is 0 Å².